The molecular weight excluding hydrogens is 314 g/mol. The molecule has 5 N–H and O–H groups in total. The second kappa shape index (κ2) is 5.80. The number of benzene rings is 2. The molecule has 0 aliphatic rings. The number of hydrogen-bond donors (Lipinski definition) is 3. The molecule has 0 heterocycles. The van der Waals surface area contributed by atoms with Crippen molar-refractivity contribution in [2.75, 3.05) is 18.2 Å². The molecule has 8 heteroatoms. The highest BCUT2D eigenvalue weighted by molar-refractivity contribution is 7.89. The first kappa shape index (κ1) is 15.4. The molecule has 0 amide bonds. The van der Waals surface area contributed by atoms with Crippen LogP contribution in [0.1, 0.15) is 0 Å². The Bertz CT molecular complexity index is 778. The molecule has 0 aromatic heterocycles. The van der Waals surface area contributed by atoms with Crippen molar-refractivity contribution < 1.29 is 13.2 Å². The van der Waals surface area contributed by atoms with Crippen LogP contribution in [0.2, 0.25) is 5.02 Å². The number of para-hydroxylation sites is 1. The molecule has 0 aliphatic carbocycles. The number of nitrogens with two attached hydrogens (primary N) is 2. The Hall–Kier alpha value is -1.96. The quantitative estimate of drug-likeness (QED) is 0.747. The highest BCUT2D eigenvalue weighted by Crippen LogP contribution is 2.32. The van der Waals surface area contributed by atoms with E-state index in [9.17, 15) is 8.42 Å². The lowest BCUT2D eigenvalue weighted by Crippen LogP contribution is -2.15. The van der Waals surface area contributed by atoms with Gasteiger partial charge in [-0.25, -0.2) is 13.6 Å². The summed E-state index contributed by atoms with van der Waals surface area (Å²) < 4.78 is 28.0. The van der Waals surface area contributed by atoms with Crippen LogP contribution in [0.15, 0.2) is 41.3 Å². The van der Waals surface area contributed by atoms with E-state index in [2.05, 4.69) is 5.32 Å². The van der Waals surface area contributed by atoms with Crippen LogP contribution in [0.3, 0.4) is 0 Å². The highest BCUT2D eigenvalue weighted by Gasteiger charge is 2.15. The zero-order valence-electron chi connectivity index (χ0n) is 11.1. The van der Waals surface area contributed by atoms with Crippen LogP contribution in [0, 0.1) is 0 Å². The van der Waals surface area contributed by atoms with Crippen LogP contribution in [0.5, 0.6) is 5.75 Å². The molecule has 0 bridgehead atoms. The van der Waals surface area contributed by atoms with Gasteiger partial charge in [0.15, 0.2) is 0 Å². The van der Waals surface area contributed by atoms with Gasteiger partial charge in [-0.1, -0.05) is 17.7 Å². The second-order valence-corrected chi connectivity index (χ2v) is 6.17. The number of rotatable bonds is 4. The summed E-state index contributed by atoms with van der Waals surface area (Å²) in [5.41, 5.74) is 6.96. The third-order valence-electron chi connectivity index (χ3n) is 2.80. The van der Waals surface area contributed by atoms with Crippen molar-refractivity contribution in [1.82, 2.24) is 0 Å². The molecule has 0 atom stereocenters. The molecule has 6 nitrogen and oxygen atoms in total. The average Bonchev–Trinajstić information content (AvgIpc) is 2.42. The lowest BCUT2D eigenvalue weighted by Gasteiger charge is -2.13. The number of methoxy groups -OCH3 is 1. The number of nitrogen functional groups attached to an aromatic ring is 1. The van der Waals surface area contributed by atoms with Crippen LogP contribution in [0.4, 0.5) is 17.1 Å². The monoisotopic (exact) mass is 327 g/mol. The maximum atomic E-state index is 11.4. The summed E-state index contributed by atoms with van der Waals surface area (Å²) >= 11 is 5.94. The van der Waals surface area contributed by atoms with Crippen molar-refractivity contribution in [2.24, 2.45) is 5.14 Å². The second-order valence-electron chi connectivity index (χ2n) is 4.24. The summed E-state index contributed by atoms with van der Waals surface area (Å²) in [5.74, 6) is 0.489. The first-order valence-corrected chi connectivity index (χ1v) is 7.77. The van der Waals surface area contributed by atoms with Crippen molar-refractivity contribution >= 4 is 38.7 Å². The lowest BCUT2D eigenvalue weighted by molar-refractivity contribution is 0.415. The summed E-state index contributed by atoms with van der Waals surface area (Å²) in [6.45, 7) is 0. The number of nitrogens with one attached hydrogen (secondary N) is 1. The largest absolute Gasteiger partial charge is 0.495 e. The highest BCUT2D eigenvalue weighted by atomic mass is 35.5. The van der Waals surface area contributed by atoms with Gasteiger partial charge in [0.2, 0.25) is 10.0 Å². The topological polar surface area (TPSA) is 107 Å². The fourth-order valence-electron chi connectivity index (χ4n) is 1.79. The molecule has 0 fully saturated rings. The van der Waals surface area contributed by atoms with Crippen LogP contribution in [0.25, 0.3) is 0 Å². The van der Waals surface area contributed by atoms with Crippen molar-refractivity contribution in [1.29, 1.82) is 0 Å². The summed E-state index contributed by atoms with van der Waals surface area (Å²) in [5, 5.41) is 8.58. The van der Waals surface area contributed by atoms with E-state index in [1.807, 2.05) is 0 Å². The zero-order valence-corrected chi connectivity index (χ0v) is 12.7. The lowest BCUT2D eigenvalue weighted by atomic mass is 10.2. The van der Waals surface area contributed by atoms with Crippen molar-refractivity contribution in [3.8, 4) is 5.75 Å². The van der Waals surface area contributed by atoms with Gasteiger partial charge in [-0.05, 0) is 24.3 Å². The Morgan fingerprint density at radius 1 is 1.24 bits per heavy atom. The summed E-state index contributed by atoms with van der Waals surface area (Å²) in [6, 6.07) is 9.58. The molecule has 2 aromatic carbocycles. The Kier molecular flexibility index (Phi) is 4.26. The fourth-order valence-corrected chi connectivity index (χ4v) is 2.67. The molecule has 0 saturated heterocycles. The van der Waals surface area contributed by atoms with E-state index < -0.39 is 10.0 Å². The molecule has 0 saturated carbocycles. The molecule has 0 radical (unpaired) electrons. The van der Waals surface area contributed by atoms with Crippen molar-refractivity contribution in [3.63, 3.8) is 0 Å². The third-order valence-corrected chi connectivity index (χ3v) is 4.08. The number of hydrogen-bond acceptors (Lipinski definition) is 5. The normalized spacial score (nSPS) is 11.2. The molecule has 0 unspecified atom stereocenters. The van der Waals surface area contributed by atoms with Crippen molar-refractivity contribution in [2.45, 2.75) is 4.90 Å². The number of primary sulfonamides is 1. The number of ether oxygens (including phenoxy) is 1. The van der Waals surface area contributed by atoms with E-state index in [4.69, 9.17) is 27.2 Å². The Balaban J connectivity index is 2.41. The van der Waals surface area contributed by atoms with Gasteiger partial charge >= 0.3 is 0 Å². The molecule has 21 heavy (non-hydrogen) atoms. The van der Waals surface area contributed by atoms with Gasteiger partial charge in [0.05, 0.1) is 23.5 Å². The minimum atomic E-state index is -3.88. The molecular formula is C13H14ClN3O3S. The maximum absolute atomic E-state index is 11.4. The van der Waals surface area contributed by atoms with E-state index in [1.165, 1.54) is 13.2 Å². The van der Waals surface area contributed by atoms with Gasteiger partial charge in [-0.15, -0.1) is 0 Å². The molecule has 0 aliphatic heterocycles. The van der Waals surface area contributed by atoms with Gasteiger partial charge < -0.3 is 15.8 Å². The van der Waals surface area contributed by atoms with Crippen LogP contribution in [-0.4, -0.2) is 15.5 Å². The van der Waals surface area contributed by atoms with Crippen LogP contribution < -0.4 is 20.9 Å². The molecule has 2 rings (SSSR count). The van der Waals surface area contributed by atoms with E-state index in [0.717, 1.165) is 0 Å². The standard InChI is InChI=1S/C13H14ClN3O3S/c1-20-11-7-8(5-6-9(11)14)17-10-3-2-4-12(13(10)15)21(16,18)19/h2-7,17H,15H2,1H3,(H2,16,18,19). The van der Waals surface area contributed by atoms with Gasteiger partial charge in [-0.2, -0.15) is 0 Å². The van der Waals surface area contributed by atoms with Gasteiger partial charge in [0.25, 0.3) is 0 Å². The average molecular weight is 328 g/mol. The molecule has 112 valence electrons. The minimum absolute atomic E-state index is 0.0499. The molecule has 2 aromatic rings. The summed E-state index contributed by atoms with van der Waals surface area (Å²) in [7, 11) is -2.38. The van der Waals surface area contributed by atoms with E-state index >= 15 is 0 Å². The van der Waals surface area contributed by atoms with Gasteiger partial charge in [0.1, 0.15) is 10.6 Å². The SMILES string of the molecule is COc1cc(Nc2cccc(S(N)(=O)=O)c2N)ccc1Cl. The van der Waals surface area contributed by atoms with Gasteiger partial charge in [0, 0.05) is 11.8 Å². The van der Waals surface area contributed by atoms with Gasteiger partial charge in [-0.3, -0.25) is 0 Å². The fraction of sp³-hybridized carbons (Fsp3) is 0.0769. The van der Waals surface area contributed by atoms with E-state index in [-0.39, 0.29) is 10.6 Å². The van der Waals surface area contributed by atoms with Crippen molar-refractivity contribution in [3.05, 3.63) is 41.4 Å². The predicted octanol–water partition coefficient (Wildman–Crippen LogP) is 2.32. The smallest absolute Gasteiger partial charge is 0.240 e. The Morgan fingerprint density at radius 3 is 2.57 bits per heavy atom. The summed E-state index contributed by atoms with van der Waals surface area (Å²) in [6.07, 6.45) is 0. The Morgan fingerprint density at radius 2 is 1.95 bits per heavy atom. The first-order valence-electron chi connectivity index (χ1n) is 5.85. The summed E-state index contributed by atoms with van der Waals surface area (Å²) in [4.78, 5) is -0.131. The molecule has 0 spiro atoms. The van der Waals surface area contributed by atoms with E-state index in [0.29, 0.717) is 22.1 Å². The van der Waals surface area contributed by atoms with Crippen LogP contribution in [-0.2, 0) is 10.0 Å². The van der Waals surface area contributed by atoms with E-state index in [1.54, 1.807) is 30.3 Å². The minimum Gasteiger partial charge on any atom is -0.495 e. The van der Waals surface area contributed by atoms with Crippen LogP contribution >= 0.6 is 11.6 Å². The number of anilines is 3. The predicted molar refractivity (Wildman–Crippen MR) is 83.5 cm³/mol. The number of halogens is 1. The first-order chi connectivity index (χ1) is 9.82. The Labute approximate surface area is 127 Å². The maximum Gasteiger partial charge on any atom is 0.240 e. The number of sulfonamides is 1. The third kappa shape index (κ3) is 3.38. The zero-order chi connectivity index (χ0) is 15.6.